The number of pyridine rings is 1. The Morgan fingerprint density at radius 2 is 2.00 bits per heavy atom. The van der Waals surface area contributed by atoms with E-state index in [9.17, 15) is 18.0 Å². The van der Waals surface area contributed by atoms with Gasteiger partial charge >= 0.3 is 12.1 Å². The molecule has 2 rings (SSSR count). The summed E-state index contributed by atoms with van der Waals surface area (Å²) in [6.45, 7) is 0. The van der Waals surface area contributed by atoms with Gasteiger partial charge in [0.2, 0.25) is 0 Å². The predicted octanol–water partition coefficient (Wildman–Crippen LogP) is 3.24. The fourth-order valence-corrected chi connectivity index (χ4v) is 2.58. The van der Waals surface area contributed by atoms with E-state index in [0.29, 0.717) is 25.7 Å². The highest BCUT2D eigenvalue weighted by Crippen LogP contribution is 2.35. The van der Waals surface area contributed by atoms with Crippen LogP contribution in [0.2, 0.25) is 0 Å². The molecule has 0 amide bonds. The summed E-state index contributed by atoms with van der Waals surface area (Å²) in [5.41, 5.74) is -0.764. The van der Waals surface area contributed by atoms with Gasteiger partial charge in [-0.2, -0.15) is 13.2 Å². The van der Waals surface area contributed by atoms with Gasteiger partial charge in [0.1, 0.15) is 5.82 Å². The molecule has 1 N–H and O–H groups in total. The Bertz CT molecular complexity index is 497. The lowest BCUT2D eigenvalue weighted by Gasteiger charge is -2.28. The van der Waals surface area contributed by atoms with Crippen molar-refractivity contribution in [3.8, 4) is 0 Å². The molecule has 1 aliphatic carbocycles. The number of hydrogen-bond donors (Lipinski definition) is 1. The van der Waals surface area contributed by atoms with Gasteiger partial charge in [0, 0.05) is 12.2 Å². The smallest absolute Gasteiger partial charge is 0.419 e. The largest absolute Gasteiger partial charge is 0.469 e. The Morgan fingerprint density at radius 3 is 2.57 bits per heavy atom. The number of nitrogens with zero attached hydrogens (tertiary/aromatic N) is 1. The summed E-state index contributed by atoms with van der Waals surface area (Å²) in [6, 6.07) is 2.17. The zero-order valence-corrected chi connectivity index (χ0v) is 11.6. The van der Waals surface area contributed by atoms with Crippen LogP contribution >= 0.6 is 0 Å². The summed E-state index contributed by atoms with van der Waals surface area (Å²) in [5.74, 6) is -0.548. The second kappa shape index (κ2) is 6.32. The number of nitrogens with one attached hydrogen (secondary N) is 1. The van der Waals surface area contributed by atoms with Crippen LogP contribution in [0.3, 0.4) is 0 Å². The summed E-state index contributed by atoms with van der Waals surface area (Å²) in [4.78, 5) is 15.2. The van der Waals surface area contributed by atoms with Crippen molar-refractivity contribution in [3.63, 3.8) is 0 Å². The number of alkyl halides is 3. The molecule has 0 saturated heterocycles. The van der Waals surface area contributed by atoms with Crippen LogP contribution in [0.1, 0.15) is 31.2 Å². The molecule has 1 heterocycles. The topological polar surface area (TPSA) is 51.2 Å². The molecule has 0 bridgehead atoms. The molecule has 0 aliphatic heterocycles. The van der Waals surface area contributed by atoms with E-state index in [4.69, 9.17) is 0 Å². The van der Waals surface area contributed by atoms with Gasteiger partial charge < -0.3 is 10.1 Å². The standard InChI is InChI=1S/C14H17F3N2O2/c1-21-13(20)9-4-6-10(7-5-9)19-12-11(14(15,16)17)3-2-8-18-12/h2-3,8-10H,4-7H2,1H3,(H,18,19). The zero-order valence-electron chi connectivity index (χ0n) is 11.6. The van der Waals surface area contributed by atoms with Crippen LogP contribution in [-0.2, 0) is 15.7 Å². The van der Waals surface area contributed by atoms with Gasteiger partial charge in [-0.1, -0.05) is 0 Å². The summed E-state index contributed by atoms with van der Waals surface area (Å²) in [5, 5.41) is 2.85. The molecule has 21 heavy (non-hydrogen) atoms. The second-order valence-corrected chi connectivity index (χ2v) is 5.11. The SMILES string of the molecule is COC(=O)C1CCC(Nc2ncccc2C(F)(F)F)CC1. The number of rotatable bonds is 3. The number of aromatic nitrogens is 1. The van der Waals surface area contributed by atoms with Crippen molar-refractivity contribution in [3.05, 3.63) is 23.9 Å². The Morgan fingerprint density at radius 1 is 1.33 bits per heavy atom. The van der Waals surface area contributed by atoms with Crippen LogP contribution in [0.4, 0.5) is 19.0 Å². The van der Waals surface area contributed by atoms with Gasteiger partial charge in [0.25, 0.3) is 0 Å². The minimum absolute atomic E-state index is 0.109. The number of hydrogen-bond acceptors (Lipinski definition) is 4. The number of ether oxygens (including phenoxy) is 1. The number of anilines is 1. The second-order valence-electron chi connectivity index (χ2n) is 5.11. The Kier molecular flexibility index (Phi) is 4.69. The maximum absolute atomic E-state index is 12.9. The predicted molar refractivity (Wildman–Crippen MR) is 70.6 cm³/mol. The molecule has 1 aromatic rings. The van der Waals surface area contributed by atoms with E-state index in [0.717, 1.165) is 6.07 Å². The maximum atomic E-state index is 12.9. The molecule has 0 unspecified atom stereocenters. The first-order valence-electron chi connectivity index (χ1n) is 6.78. The first-order chi connectivity index (χ1) is 9.91. The molecule has 0 spiro atoms. The number of carbonyl (C=O) groups excluding carboxylic acids is 1. The van der Waals surface area contributed by atoms with E-state index in [-0.39, 0.29) is 23.7 Å². The fraction of sp³-hybridized carbons (Fsp3) is 0.571. The highest BCUT2D eigenvalue weighted by Gasteiger charge is 2.35. The number of carbonyl (C=O) groups is 1. The third-order valence-corrected chi connectivity index (χ3v) is 3.72. The molecule has 1 aliphatic rings. The van der Waals surface area contributed by atoms with Crippen molar-refractivity contribution in [2.24, 2.45) is 5.92 Å². The van der Waals surface area contributed by atoms with Gasteiger partial charge in [-0.05, 0) is 37.8 Å². The van der Waals surface area contributed by atoms with Crippen molar-refractivity contribution >= 4 is 11.8 Å². The zero-order chi connectivity index (χ0) is 15.5. The first kappa shape index (κ1) is 15.6. The molecule has 0 atom stereocenters. The number of halogens is 3. The monoisotopic (exact) mass is 302 g/mol. The Hall–Kier alpha value is -1.79. The maximum Gasteiger partial charge on any atom is 0.419 e. The quantitative estimate of drug-likeness (QED) is 0.871. The van der Waals surface area contributed by atoms with E-state index in [1.54, 1.807) is 0 Å². The minimum Gasteiger partial charge on any atom is -0.469 e. The molecular formula is C14H17F3N2O2. The normalized spacial score (nSPS) is 22.7. The van der Waals surface area contributed by atoms with E-state index in [1.165, 1.54) is 19.4 Å². The van der Waals surface area contributed by atoms with Crippen LogP contribution in [-0.4, -0.2) is 24.1 Å². The molecule has 0 aromatic carbocycles. The van der Waals surface area contributed by atoms with Crippen molar-refractivity contribution in [2.45, 2.75) is 37.9 Å². The molecule has 1 aromatic heterocycles. The third kappa shape index (κ3) is 3.86. The summed E-state index contributed by atoms with van der Waals surface area (Å²) < 4.78 is 43.3. The van der Waals surface area contributed by atoms with Crippen LogP contribution in [0, 0.1) is 5.92 Å². The number of esters is 1. The summed E-state index contributed by atoms with van der Waals surface area (Å²) >= 11 is 0. The fourth-order valence-electron chi connectivity index (χ4n) is 2.58. The lowest BCUT2D eigenvalue weighted by Crippen LogP contribution is -2.31. The van der Waals surface area contributed by atoms with Crippen molar-refractivity contribution in [1.29, 1.82) is 0 Å². The average molecular weight is 302 g/mol. The molecule has 1 saturated carbocycles. The molecule has 4 nitrogen and oxygen atoms in total. The number of methoxy groups -OCH3 is 1. The van der Waals surface area contributed by atoms with Gasteiger partial charge in [-0.25, -0.2) is 4.98 Å². The van der Waals surface area contributed by atoms with Crippen LogP contribution < -0.4 is 5.32 Å². The molecule has 0 radical (unpaired) electrons. The average Bonchev–Trinajstić information content (AvgIpc) is 2.47. The highest BCUT2D eigenvalue weighted by molar-refractivity contribution is 5.72. The first-order valence-corrected chi connectivity index (χ1v) is 6.78. The highest BCUT2D eigenvalue weighted by atomic mass is 19.4. The molecule has 116 valence electrons. The van der Waals surface area contributed by atoms with Crippen molar-refractivity contribution in [1.82, 2.24) is 4.98 Å². The van der Waals surface area contributed by atoms with Crippen LogP contribution in [0.15, 0.2) is 18.3 Å². The lowest BCUT2D eigenvalue weighted by molar-refractivity contribution is -0.146. The van der Waals surface area contributed by atoms with E-state index in [1.807, 2.05) is 0 Å². The van der Waals surface area contributed by atoms with Gasteiger partial charge in [0.15, 0.2) is 0 Å². The van der Waals surface area contributed by atoms with Crippen molar-refractivity contribution in [2.75, 3.05) is 12.4 Å². The Labute approximate surface area is 120 Å². The third-order valence-electron chi connectivity index (χ3n) is 3.72. The summed E-state index contributed by atoms with van der Waals surface area (Å²) in [6.07, 6.45) is -0.643. The van der Waals surface area contributed by atoms with Crippen LogP contribution in [0.25, 0.3) is 0 Å². The van der Waals surface area contributed by atoms with Gasteiger partial charge in [0.05, 0.1) is 18.6 Å². The Balaban J connectivity index is 2.00. The van der Waals surface area contributed by atoms with E-state index in [2.05, 4.69) is 15.0 Å². The van der Waals surface area contributed by atoms with E-state index < -0.39 is 11.7 Å². The molecule has 1 fully saturated rings. The molecule has 7 heteroatoms. The van der Waals surface area contributed by atoms with Crippen LogP contribution in [0.5, 0.6) is 0 Å². The lowest BCUT2D eigenvalue weighted by atomic mass is 9.86. The van der Waals surface area contributed by atoms with Crippen molar-refractivity contribution < 1.29 is 22.7 Å². The molecular weight excluding hydrogens is 285 g/mol. The van der Waals surface area contributed by atoms with E-state index >= 15 is 0 Å². The minimum atomic E-state index is -4.43. The van der Waals surface area contributed by atoms with Gasteiger partial charge in [-0.15, -0.1) is 0 Å². The summed E-state index contributed by atoms with van der Waals surface area (Å²) in [7, 11) is 1.34. The van der Waals surface area contributed by atoms with Gasteiger partial charge in [-0.3, -0.25) is 4.79 Å².